The molecule has 25 heavy (non-hydrogen) atoms. The molecule has 142 valence electrons. The Hall–Kier alpha value is 0.439. The Bertz CT molecular complexity index is 1100. The Morgan fingerprint density at radius 1 is 0.640 bits per heavy atom. The van der Waals surface area contributed by atoms with Gasteiger partial charge in [-0.3, -0.25) is 0 Å². The van der Waals surface area contributed by atoms with Crippen molar-refractivity contribution in [3.8, 4) is 0 Å². The Labute approximate surface area is 143 Å². The topological polar surface area (TPSA) is 0 Å². The molecule has 2 nitrogen and oxygen atoms in total. The van der Waals surface area contributed by atoms with E-state index < -0.39 is 6.51 Å². The van der Waals surface area contributed by atoms with Crippen molar-refractivity contribution < 1.29 is 15.5 Å². The van der Waals surface area contributed by atoms with Gasteiger partial charge in [-0.2, -0.15) is 0 Å². The van der Waals surface area contributed by atoms with E-state index in [-0.39, 0.29) is 0 Å². The van der Waals surface area contributed by atoms with Gasteiger partial charge in [0.15, 0.2) is 0 Å². The molecule has 0 aromatic heterocycles. The second-order valence-corrected chi connectivity index (χ2v) is 39.2. The van der Waals surface area contributed by atoms with Gasteiger partial charge in [-0.05, 0) is 0 Å². The van der Waals surface area contributed by atoms with Crippen LogP contribution in [-0.2, 0) is 6.51 Å². The minimum absolute atomic E-state index is 0.977. The molecule has 6 atom stereocenters. The molecule has 0 aromatic carbocycles. The van der Waals surface area contributed by atoms with Crippen LogP contribution in [0, 0.1) is 0 Å². The van der Waals surface area contributed by atoms with E-state index in [1.165, 1.54) is 60.3 Å². The SMILES string of the molecule is CCC([C]12[CH]3[CH]4[CH]5[C]1(C(CC)[N+](C)(C)C)[Fe]43521678[CH]2[CH]1[CH]6[CH]7[CH]28)[N+](C)(C)C. The molecule has 0 radical (unpaired) electrons. The van der Waals surface area contributed by atoms with E-state index in [1.54, 1.807) is 0 Å². The van der Waals surface area contributed by atoms with Gasteiger partial charge in [0.25, 0.3) is 0 Å². The number of rotatable bonds is 6. The molecule has 0 bridgehead atoms. The van der Waals surface area contributed by atoms with Crippen LogP contribution in [0.5, 0.6) is 0 Å². The van der Waals surface area contributed by atoms with Gasteiger partial charge in [0.1, 0.15) is 0 Å². The van der Waals surface area contributed by atoms with Crippen LogP contribution in [0.3, 0.4) is 0 Å². The Morgan fingerprint density at radius 2 is 0.960 bits per heavy atom. The number of hydrogen-bond acceptors (Lipinski definition) is 0. The second kappa shape index (κ2) is 1.30. The summed E-state index contributed by atoms with van der Waals surface area (Å²) in [5.41, 5.74) is 0. The predicted molar refractivity (Wildman–Crippen MR) is 99.6 cm³/mol. The summed E-state index contributed by atoms with van der Waals surface area (Å²) in [6.07, 6.45) is 2.93. The first-order chi connectivity index (χ1) is 11.3. The van der Waals surface area contributed by atoms with Crippen molar-refractivity contribution in [2.24, 2.45) is 0 Å². The molecule has 0 saturated carbocycles. The van der Waals surface area contributed by atoms with Crippen molar-refractivity contribution in [1.29, 1.82) is 0 Å². The normalized spacial score (nSPS) is 92.0. The van der Waals surface area contributed by atoms with Crippen LogP contribution in [0.2, 0.25) is 47.2 Å². The zero-order valence-corrected chi connectivity index (χ0v) is 18.5. The molecule has 0 aliphatic carbocycles. The fourth-order valence-corrected chi connectivity index (χ4v) is 100. The monoisotopic (exact) mass is 386 g/mol. The van der Waals surface area contributed by atoms with Gasteiger partial charge in [-0.1, -0.05) is 0 Å². The summed E-state index contributed by atoms with van der Waals surface area (Å²) >= 11 is 0. The van der Waals surface area contributed by atoms with Crippen molar-refractivity contribution in [3.05, 3.63) is 0 Å². The Morgan fingerprint density at radius 3 is 1.12 bits per heavy atom. The quantitative estimate of drug-likeness (QED) is 0.441. The Balaban J connectivity index is 1.41. The fourth-order valence-electron chi connectivity index (χ4n) is 21.7. The van der Waals surface area contributed by atoms with Crippen LogP contribution in [0.15, 0.2) is 0 Å². The van der Waals surface area contributed by atoms with Gasteiger partial charge in [0, 0.05) is 0 Å². The van der Waals surface area contributed by atoms with Crippen molar-refractivity contribution >= 4 is 0 Å². The first kappa shape index (κ1) is 12.8. The van der Waals surface area contributed by atoms with Crippen molar-refractivity contribution in [3.63, 3.8) is 0 Å². The number of nitrogens with zero attached hydrogens (tertiary/aromatic N) is 2. The maximum absolute atomic E-state index is 3.32. The first-order valence-electron chi connectivity index (χ1n) is 11.2. The predicted octanol–water partition coefficient (Wildman–Crippen LogP) is 5.09. The molecule has 3 heteroatoms. The number of quaternary nitrogens is 2. The Kier molecular flexibility index (Phi) is 0.669. The van der Waals surface area contributed by atoms with Gasteiger partial charge in [-0.15, -0.1) is 0 Å². The van der Waals surface area contributed by atoms with Crippen molar-refractivity contribution in [2.45, 2.75) is 85.9 Å². The summed E-state index contributed by atoms with van der Waals surface area (Å²) in [4.78, 5) is 11.4. The summed E-state index contributed by atoms with van der Waals surface area (Å²) < 4.78 is 4.51. The molecule has 0 amide bonds. The average Bonchev–Trinajstić information content (AvgIpc) is 3.40. The first-order valence-corrected chi connectivity index (χ1v) is 17.4. The van der Waals surface area contributed by atoms with Crippen LogP contribution in [0.25, 0.3) is 0 Å². The zero-order chi connectivity index (χ0) is 17.5. The summed E-state index contributed by atoms with van der Waals surface area (Å²) in [7, 11) is 15.4. The van der Waals surface area contributed by atoms with Gasteiger partial charge < -0.3 is 0 Å². The molecular weight excluding hydrogens is 348 g/mol. The van der Waals surface area contributed by atoms with E-state index in [4.69, 9.17) is 0 Å². The fraction of sp³-hybridized carbons (Fsp3) is 1.00. The van der Waals surface area contributed by atoms with Crippen LogP contribution >= 0.6 is 0 Å². The van der Waals surface area contributed by atoms with Crippen LogP contribution in [0.1, 0.15) is 26.7 Å². The number of hydrogen-bond donors (Lipinski definition) is 0. The molecular formula is C22H38FeN2+2. The molecule has 10 saturated heterocycles. The molecule has 6 unspecified atom stereocenters. The summed E-state index contributed by atoms with van der Waals surface area (Å²) in [5, 5.41) is 0. The molecule has 10 fully saturated rings. The molecule has 10 aliphatic heterocycles. The van der Waals surface area contributed by atoms with E-state index in [0.29, 0.717) is 0 Å². The molecule has 10 heterocycles. The number of fused-ring (bicyclic) bond motifs is 10. The summed E-state index contributed by atoms with van der Waals surface area (Å²) in [5.74, 6) is 0. The van der Waals surface area contributed by atoms with E-state index in [9.17, 15) is 0 Å². The van der Waals surface area contributed by atoms with Gasteiger partial charge >= 0.3 is 144 Å². The van der Waals surface area contributed by atoms with Crippen LogP contribution in [-0.4, -0.2) is 63.3 Å². The van der Waals surface area contributed by atoms with E-state index in [2.05, 4.69) is 56.1 Å². The second-order valence-electron chi connectivity index (χ2n) is 15.9. The van der Waals surface area contributed by atoms with Crippen molar-refractivity contribution in [2.75, 3.05) is 42.3 Å². The van der Waals surface area contributed by atoms with Crippen LogP contribution in [0.4, 0.5) is 0 Å². The zero-order valence-electron chi connectivity index (χ0n) is 17.4. The van der Waals surface area contributed by atoms with Crippen LogP contribution < -0.4 is 0 Å². The molecule has 0 N–H and O–H groups in total. The van der Waals surface area contributed by atoms with E-state index in [0.717, 1.165) is 20.7 Å². The average molecular weight is 386 g/mol. The molecule has 10 rings (SSSR count). The summed E-state index contributed by atoms with van der Waals surface area (Å²) in [6, 6.07) is 2.02. The summed E-state index contributed by atoms with van der Waals surface area (Å²) in [6.45, 7) is 1.83. The van der Waals surface area contributed by atoms with E-state index in [1.807, 2.05) is 0 Å². The van der Waals surface area contributed by atoms with E-state index >= 15 is 0 Å². The third-order valence-corrected chi connectivity index (χ3v) is 62.2. The third-order valence-electron chi connectivity index (χ3n) is 18.7. The molecule has 0 aromatic rings. The molecule has 10 aliphatic rings. The minimum atomic E-state index is -3.32. The third kappa shape index (κ3) is 0.189. The van der Waals surface area contributed by atoms with Gasteiger partial charge in [-0.25, -0.2) is 0 Å². The van der Waals surface area contributed by atoms with Gasteiger partial charge in [0.05, 0.1) is 0 Å². The van der Waals surface area contributed by atoms with Gasteiger partial charge in [0.2, 0.25) is 0 Å². The maximum atomic E-state index is 2.57. The van der Waals surface area contributed by atoms with Crippen molar-refractivity contribution in [1.82, 2.24) is 0 Å². The molecule has 1 spiro atoms. The standard InChI is InChI=1S/C17H33N2.C5H5.Fe/c1-9-16(18(3,4)5)14-12-11-13-15(14)17(10-2)19(6,7)8;1-2-4-5-3-1;/h11-13,16-17H,9-10H2,1-8H3;1-5H;/q+2;;.